The highest BCUT2D eigenvalue weighted by atomic mass is 15.2. The molecule has 2 heteroatoms. The van der Waals surface area contributed by atoms with Crippen LogP contribution in [0.1, 0.15) is 46.5 Å². The second-order valence-electron chi connectivity index (χ2n) is 4.88. The largest absolute Gasteiger partial charge is 0.330 e. The van der Waals surface area contributed by atoms with E-state index < -0.39 is 0 Å². The van der Waals surface area contributed by atoms with Gasteiger partial charge in [-0.25, -0.2) is 0 Å². The van der Waals surface area contributed by atoms with Crippen LogP contribution in [-0.2, 0) is 0 Å². The fourth-order valence-electron chi connectivity index (χ4n) is 2.37. The Hall–Kier alpha value is -0.0800. The summed E-state index contributed by atoms with van der Waals surface area (Å²) in [7, 11) is 0. The summed E-state index contributed by atoms with van der Waals surface area (Å²) in [6.45, 7) is 10.1. The minimum absolute atomic E-state index is 0.472. The smallest absolute Gasteiger partial charge is 0.00644 e. The summed E-state index contributed by atoms with van der Waals surface area (Å²) in [5.41, 5.74) is 6.36. The van der Waals surface area contributed by atoms with Gasteiger partial charge in [0, 0.05) is 12.6 Å². The molecule has 1 atom stereocenters. The first-order valence-corrected chi connectivity index (χ1v) is 6.11. The Morgan fingerprint density at radius 1 is 1.36 bits per heavy atom. The van der Waals surface area contributed by atoms with Crippen molar-refractivity contribution in [1.82, 2.24) is 4.90 Å². The zero-order valence-electron chi connectivity index (χ0n) is 10.1. The van der Waals surface area contributed by atoms with Crippen LogP contribution < -0.4 is 5.73 Å². The third-order valence-electron chi connectivity index (χ3n) is 4.01. The third-order valence-corrected chi connectivity index (χ3v) is 4.01. The molecule has 0 aromatic heterocycles. The molecular formula is C12H26N2. The van der Waals surface area contributed by atoms with Crippen LogP contribution in [0.5, 0.6) is 0 Å². The van der Waals surface area contributed by atoms with E-state index in [1.165, 1.54) is 32.2 Å². The van der Waals surface area contributed by atoms with Crippen molar-refractivity contribution in [1.29, 1.82) is 0 Å². The monoisotopic (exact) mass is 198 g/mol. The lowest BCUT2D eigenvalue weighted by atomic mass is 9.68. The van der Waals surface area contributed by atoms with Gasteiger partial charge in [0.25, 0.3) is 0 Å². The van der Waals surface area contributed by atoms with E-state index in [9.17, 15) is 0 Å². The van der Waals surface area contributed by atoms with Crippen molar-refractivity contribution >= 4 is 0 Å². The van der Waals surface area contributed by atoms with Crippen LogP contribution >= 0.6 is 0 Å². The zero-order chi connectivity index (χ0) is 10.6. The number of hydrogen-bond donors (Lipinski definition) is 1. The van der Waals surface area contributed by atoms with Gasteiger partial charge in [-0.3, -0.25) is 0 Å². The second kappa shape index (κ2) is 5.13. The summed E-state index contributed by atoms with van der Waals surface area (Å²) in [6, 6.07) is 0.712. The predicted molar refractivity (Wildman–Crippen MR) is 62.3 cm³/mol. The molecule has 0 aromatic rings. The van der Waals surface area contributed by atoms with Crippen molar-refractivity contribution in [3.05, 3.63) is 0 Å². The van der Waals surface area contributed by atoms with Gasteiger partial charge in [0.05, 0.1) is 0 Å². The minimum Gasteiger partial charge on any atom is -0.330 e. The number of rotatable bonds is 6. The Bertz CT molecular complexity index is 158. The summed E-state index contributed by atoms with van der Waals surface area (Å²) in [5.74, 6) is 0. The molecule has 1 rings (SSSR count). The maximum atomic E-state index is 5.89. The summed E-state index contributed by atoms with van der Waals surface area (Å²) >= 11 is 0. The van der Waals surface area contributed by atoms with E-state index in [2.05, 4.69) is 25.7 Å². The molecule has 1 saturated carbocycles. The van der Waals surface area contributed by atoms with E-state index in [-0.39, 0.29) is 0 Å². The van der Waals surface area contributed by atoms with Gasteiger partial charge in [-0.2, -0.15) is 0 Å². The van der Waals surface area contributed by atoms with E-state index in [0.717, 1.165) is 13.1 Å². The molecule has 0 radical (unpaired) electrons. The van der Waals surface area contributed by atoms with Crippen molar-refractivity contribution in [2.45, 2.75) is 52.5 Å². The summed E-state index contributed by atoms with van der Waals surface area (Å²) < 4.78 is 0. The highest BCUT2D eigenvalue weighted by Gasteiger charge is 2.37. The molecule has 0 aromatic carbocycles. The van der Waals surface area contributed by atoms with Crippen LogP contribution in [0, 0.1) is 5.41 Å². The lowest BCUT2D eigenvalue weighted by Crippen LogP contribution is -2.49. The van der Waals surface area contributed by atoms with Crippen LogP contribution in [0.15, 0.2) is 0 Å². The molecule has 14 heavy (non-hydrogen) atoms. The van der Waals surface area contributed by atoms with Gasteiger partial charge in [-0.15, -0.1) is 0 Å². The minimum atomic E-state index is 0.472. The topological polar surface area (TPSA) is 29.3 Å². The lowest BCUT2D eigenvalue weighted by Gasteiger charge is -2.45. The Morgan fingerprint density at radius 3 is 2.29 bits per heavy atom. The standard InChI is InChI=1S/C12H26N2/c1-4-11(3)14(5-2)10-12(9-13)7-6-8-12/h11H,4-10,13H2,1-3H3. The van der Waals surface area contributed by atoms with Crippen LogP contribution in [0.4, 0.5) is 0 Å². The molecule has 2 N–H and O–H groups in total. The average Bonchev–Trinajstić information content (AvgIpc) is 2.16. The fourth-order valence-corrected chi connectivity index (χ4v) is 2.37. The summed E-state index contributed by atoms with van der Waals surface area (Å²) in [6.07, 6.45) is 5.32. The van der Waals surface area contributed by atoms with Crippen molar-refractivity contribution in [3.8, 4) is 0 Å². The molecule has 0 amide bonds. The maximum Gasteiger partial charge on any atom is 0.00644 e. The molecule has 0 spiro atoms. The first-order valence-electron chi connectivity index (χ1n) is 6.11. The summed E-state index contributed by atoms with van der Waals surface area (Å²) in [4.78, 5) is 2.59. The maximum absolute atomic E-state index is 5.89. The SMILES string of the molecule is CCC(C)N(CC)CC1(CN)CCC1. The van der Waals surface area contributed by atoms with Gasteiger partial charge in [0.1, 0.15) is 0 Å². The van der Waals surface area contributed by atoms with Gasteiger partial charge >= 0.3 is 0 Å². The quantitative estimate of drug-likeness (QED) is 0.709. The van der Waals surface area contributed by atoms with E-state index >= 15 is 0 Å². The van der Waals surface area contributed by atoms with Gasteiger partial charge in [-0.1, -0.05) is 20.3 Å². The third kappa shape index (κ3) is 2.48. The number of nitrogens with zero attached hydrogens (tertiary/aromatic N) is 1. The second-order valence-corrected chi connectivity index (χ2v) is 4.88. The Labute approximate surface area is 88.8 Å². The molecule has 0 bridgehead atoms. The van der Waals surface area contributed by atoms with Crippen molar-refractivity contribution in [3.63, 3.8) is 0 Å². The molecule has 0 saturated heterocycles. The molecule has 1 aliphatic carbocycles. The molecule has 2 nitrogen and oxygen atoms in total. The van der Waals surface area contributed by atoms with Crippen LogP contribution in [0.3, 0.4) is 0 Å². The Balaban J connectivity index is 2.46. The van der Waals surface area contributed by atoms with Crippen molar-refractivity contribution in [2.24, 2.45) is 11.1 Å². The molecule has 84 valence electrons. The lowest BCUT2D eigenvalue weighted by molar-refractivity contribution is 0.0573. The predicted octanol–water partition coefficient (Wildman–Crippen LogP) is 2.24. The van der Waals surface area contributed by atoms with Crippen LogP contribution in [0.2, 0.25) is 0 Å². The fraction of sp³-hybridized carbons (Fsp3) is 1.00. The van der Waals surface area contributed by atoms with Gasteiger partial charge in [0.15, 0.2) is 0 Å². The Morgan fingerprint density at radius 2 is 2.00 bits per heavy atom. The molecule has 0 heterocycles. The molecule has 1 unspecified atom stereocenters. The summed E-state index contributed by atoms with van der Waals surface area (Å²) in [5, 5.41) is 0. The van der Waals surface area contributed by atoms with E-state index in [1.54, 1.807) is 0 Å². The molecule has 1 aliphatic rings. The zero-order valence-corrected chi connectivity index (χ0v) is 10.1. The number of hydrogen-bond acceptors (Lipinski definition) is 2. The average molecular weight is 198 g/mol. The Kier molecular flexibility index (Phi) is 4.39. The van der Waals surface area contributed by atoms with Crippen LogP contribution in [-0.4, -0.2) is 30.6 Å². The van der Waals surface area contributed by atoms with Crippen molar-refractivity contribution < 1.29 is 0 Å². The van der Waals surface area contributed by atoms with Gasteiger partial charge in [0.2, 0.25) is 0 Å². The van der Waals surface area contributed by atoms with Gasteiger partial charge < -0.3 is 10.6 Å². The highest BCUT2D eigenvalue weighted by Crippen LogP contribution is 2.40. The first kappa shape index (κ1) is 12.0. The molecule has 0 aliphatic heterocycles. The molecule has 1 fully saturated rings. The highest BCUT2D eigenvalue weighted by molar-refractivity contribution is 4.91. The number of nitrogens with two attached hydrogens (primary N) is 1. The van der Waals surface area contributed by atoms with Crippen molar-refractivity contribution in [2.75, 3.05) is 19.6 Å². The van der Waals surface area contributed by atoms with Crippen LogP contribution in [0.25, 0.3) is 0 Å². The van der Waals surface area contributed by atoms with E-state index in [4.69, 9.17) is 5.73 Å². The van der Waals surface area contributed by atoms with E-state index in [0.29, 0.717) is 11.5 Å². The normalized spacial score (nSPS) is 22.1. The molecular weight excluding hydrogens is 172 g/mol. The van der Waals surface area contributed by atoms with Gasteiger partial charge in [-0.05, 0) is 44.7 Å². The first-order chi connectivity index (χ1) is 6.67. The van der Waals surface area contributed by atoms with E-state index in [1.807, 2.05) is 0 Å².